The van der Waals surface area contributed by atoms with Crippen molar-refractivity contribution in [3.63, 3.8) is 0 Å². The molecule has 0 aliphatic carbocycles. The zero-order valence-electron chi connectivity index (χ0n) is 14.8. The molecule has 0 aliphatic heterocycles. The molecule has 0 saturated heterocycles. The van der Waals surface area contributed by atoms with Gasteiger partial charge in [-0.15, -0.1) is 0 Å². The summed E-state index contributed by atoms with van der Waals surface area (Å²) in [6.45, 7) is 7.87. The van der Waals surface area contributed by atoms with Crippen LogP contribution in [-0.2, 0) is 6.54 Å². The van der Waals surface area contributed by atoms with Crippen molar-refractivity contribution in [2.75, 3.05) is 0 Å². The molecule has 6 heteroatoms. The molecule has 128 valence electrons. The van der Waals surface area contributed by atoms with Crippen molar-refractivity contribution in [2.24, 2.45) is 0 Å². The van der Waals surface area contributed by atoms with E-state index in [1.54, 1.807) is 13.0 Å². The Morgan fingerprint density at radius 1 is 1.04 bits per heavy atom. The van der Waals surface area contributed by atoms with Crippen LogP contribution in [0.3, 0.4) is 0 Å². The maximum Gasteiger partial charge on any atom is 0.270 e. The molecule has 0 spiro atoms. The summed E-state index contributed by atoms with van der Waals surface area (Å²) >= 11 is 0. The summed E-state index contributed by atoms with van der Waals surface area (Å²) in [6, 6.07) is 9.27. The monoisotopic (exact) mass is 336 g/mol. The Balaban J connectivity index is 1.80. The highest BCUT2D eigenvalue weighted by Crippen LogP contribution is 2.20. The molecule has 3 aromatic heterocycles. The molecule has 3 heterocycles. The van der Waals surface area contributed by atoms with E-state index >= 15 is 0 Å². The van der Waals surface area contributed by atoms with Crippen LogP contribution < -0.4 is 5.32 Å². The van der Waals surface area contributed by atoms with Crippen molar-refractivity contribution in [3.05, 3.63) is 64.6 Å². The molecule has 1 N–H and O–H groups in total. The minimum Gasteiger partial charge on any atom is -0.460 e. The third-order valence-electron chi connectivity index (χ3n) is 3.82. The number of carbonyl (C=O) groups is 1. The lowest BCUT2D eigenvalue weighted by molar-refractivity contribution is 0.0945. The first-order valence-electron chi connectivity index (χ1n) is 8.06. The SMILES string of the molecule is Cc1ccc(C)c(CNC(=O)c2cc(-c3ccc(C)o3)nc(C)n2)n1. The molecule has 6 nitrogen and oxygen atoms in total. The van der Waals surface area contributed by atoms with Gasteiger partial charge in [0.05, 0.1) is 12.2 Å². The van der Waals surface area contributed by atoms with Gasteiger partial charge in [-0.25, -0.2) is 9.97 Å². The lowest BCUT2D eigenvalue weighted by Crippen LogP contribution is -2.25. The van der Waals surface area contributed by atoms with Crippen LogP contribution in [0.15, 0.2) is 34.7 Å². The van der Waals surface area contributed by atoms with E-state index in [0.717, 1.165) is 22.7 Å². The normalized spacial score (nSPS) is 10.7. The van der Waals surface area contributed by atoms with Crippen LogP contribution in [-0.4, -0.2) is 20.9 Å². The number of aryl methyl sites for hydroxylation is 4. The van der Waals surface area contributed by atoms with E-state index in [9.17, 15) is 4.79 Å². The predicted molar refractivity (Wildman–Crippen MR) is 94.1 cm³/mol. The van der Waals surface area contributed by atoms with Crippen molar-refractivity contribution < 1.29 is 9.21 Å². The highest BCUT2D eigenvalue weighted by molar-refractivity contribution is 5.93. The van der Waals surface area contributed by atoms with E-state index in [1.807, 2.05) is 45.0 Å². The summed E-state index contributed by atoms with van der Waals surface area (Å²) in [5, 5.41) is 2.87. The molecule has 0 radical (unpaired) electrons. The van der Waals surface area contributed by atoms with Gasteiger partial charge in [0, 0.05) is 5.69 Å². The Bertz CT molecular complexity index is 931. The molecule has 1 amide bonds. The van der Waals surface area contributed by atoms with Gasteiger partial charge in [-0.05, 0) is 57.5 Å². The third kappa shape index (κ3) is 3.91. The summed E-state index contributed by atoms with van der Waals surface area (Å²) in [4.78, 5) is 25.5. The van der Waals surface area contributed by atoms with Gasteiger partial charge in [0.1, 0.15) is 23.0 Å². The summed E-state index contributed by atoms with van der Waals surface area (Å²) in [5.41, 5.74) is 3.71. The summed E-state index contributed by atoms with van der Waals surface area (Å²) in [7, 11) is 0. The van der Waals surface area contributed by atoms with E-state index in [0.29, 0.717) is 29.5 Å². The van der Waals surface area contributed by atoms with Crippen molar-refractivity contribution in [3.8, 4) is 11.5 Å². The smallest absolute Gasteiger partial charge is 0.270 e. The molecule has 25 heavy (non-hydrogen) atoms. The number of amides is 1. The second-order valence-corrected chi connectivity index (χ2v) is 5.99. The fourth-order valence-electron chi connectivity index (χ4n) is 2.50. The zero-order chi connectivity index (χ0) is 18.0. The average molecular weight is 336 g/mol. The van der Waals surface area contributed by atoms with Crippen molar-refractivity contribution in [1.29, 1.82) is 0 Å². The first kappa shape index (κ1) is 16.8. The molecule has 0 fully saturated rings. The fourth-order valence-corrected chi connectivity index (χ4v) is 2.50. The quantitative estimate of drug-likeness (QED) is 0.790. The van der Waals surface area contributed by atoms with Crippen LogP contribution in [0.1, 0.15) is 39.0 Å². The van der Waals surface area contributed by atoms with Gasteiger partial charge in [0.2, 0.25) is 0 Å². The van der Waals surface area contributed by atoms with E-state index in [1.165, 1.54) is 0 Å². The Kier molecular flexibility index (Phi) is 4.61. The molecule has 0 saturated carbocycles. The molecule has 3 rings (SSSR count). The molecule has 0 bridgehead atoms. The molecule has 3 aromatic rings. The van der Waals surface area contributed by atoms with Gasteiger partial charge < -0.3 is 9.73 Å². The van der Waals surface area contributed by atoms with Crippen LogP contribution in [0, 0.1) is 27.7 Å². The number of hydrogen-bond donors (Lipinski definition) is 1. The van der Waals surface area contributed by atoms with Crippen LogP contribution in [0.5, 0.6) is 0 Å². The minimum atomic E-state index is -0.266. The van der Waals surface area contributed by atoms with Crippen molar-refractivity contribution >= 4 is 5.91 Å². The molecular formula is C19H20N4O2. The lowest BCUT2D eigenvalue weighted by atomic mass is 10.2. The topological polar surface area (TPSA) is 80.9 Å². The molecule has 0 atom stereocenters. The Labute approximate surface area is 146 Å². The largest absolute Gasteiger partial charge is 0.460 e. The number of nitrogens with one attached hydrogen (secondary N) is 1. The van der Waals surface area contributed by atoms with Gasteiger partial charge in [-0.3, -0.25) is 9.78 Å². The maximum atomic E-state index is 12.5. The van der Waals surface area contributed by atoms with Crippen molar-refractivity contribution in [2.45, 2.75) is 34.2 Å². The minimum absolute atomic E-state index is 0.266. The number of furan rings is 1. The maximum absolute atomic E-state index is 12.5. The van der Waals surface area contributed by atoms with E-state index in [2.05, 4.69) is 20.3 Å². The van der Waals surface area contributed by atoms with Crippen LogP contribution in [0.4, 0.5) is 0 Å². The van der Waals surface area contributed by atoms with Crippen LogP contribution >= 0.6 is 0 Å². The summed E-state index contributed by atoms with van der Waals surface area (Å²) in [6.07, 6.45) is 0. The molecule has 0 unspecified atom stereocenters. The van der Waals surface area contributed by atoms with Gasteiger partial charge in [-0.2, -0.15) is 0 Å². The number of pyridine rings is 1. The van der Waals surface area contributed by atoms with E-state index in [4.69, 9.17) is 4.42 Å². The third-order valence-corrected chi connectivity index (χ3v) is 3.82. The lowest BCUT2D eigenvalue weighted by Gasteiger charge is -2.09. The summed E-state index contributed by atoms with van der Waals surface area (Å²) in [5.74, 6) is 1.66. The Morgan fingerprint density at radius 2 is 1.84 bits per heavy atom. The first-order valence-corrected chi connectivity index (χ1v) is 8.06. The van der Waals surface area contributed by atoms with Gasteiger partial charge in [0.25, 0.3) is 5.91 Å². The number of aromatic nitrogens is 3. The van der Waals surface area contributed by atoms with Gasteiger partial charge in [0.15, 0.2) is 5.76 Å². The second-order valence-electron chi connectivity index (χ2n) is 5.99. The van der Waals surface area contributed by atoms with E-state index < -0.39 is 0 Å². The fraction of sp³-hybridized carbons (Fsp3) is 0.263. The molecule has 0 aromatic carbocycles. The average Bonchev–Trinajstić information content (AvgIpc) is 3.01. The standard InChI is InChI=1S/C19H20N4O2/c1-11-5-6-12(2)21-17(11)10-20-19(24)16-9-15(22-14(4)23-16)18-8-7-13(3)25-18/h5-9H,10H2,1-4H3,(H,20,24). The number of hydrogen-bond acceptors (Lipinski definition) is 5. The van der Waals surface area contributed by atoms with Gasteiger partial charge in [-0.1, -0.05) is 6.07 Å². The second kappa shape index (κ2) is 6.84. The van der Waals surface area contributed by atoms with Crippen molar-refractivity contribution in [1.82, 2.24) is 20.3 Å². The number of carbonyl (C=O) groups excluding carboxylic acids is 1. The Hall–Kier alpha value is -3.02. The van der Waals surface area contributed by atoms with Gasteiger partial charge >= 0.3 is 0 Å². The molecular weight excluding hydrogens is 316 g/mol. The first-order chi connectivity index (χ1) is 11.9. The number of nitrogens with zero attached hydrogens (tertiary/aromatic N) is 3. The predicted octanol–water partition coefficient (Wildman–Crippen LogP) is 3.30. The Morgan fingerprint density at radius 3 is 2.56 bits per heavy atom. The zero-order valence-corrected chi connectivity index (χ0v) is 14.8. The van der Waals surface area contributed by atoms with Crippen LogP contribution in [0.25, 0.3) is 11.5 Å². The molecule has 0 aliphatic rings. The van der Waals surface area contributed by atoms with Crippen LogP contribution in [0.2, 0.25) is 0 Å². The number of rotatable bonds is 4. The van der Waals surface area contributed by atoms with E-state index in [-0.39, 0.29) is 5.91 Å². The highest BCUT2D eigenvalue weighted by Gasteiger charge is 2.14. The highest BCUT2D eigenvalue weighted by atomic mass is 16.3. The summed E-state index contributed by atoms with van der Waals surface area (Å²) < 4.78 is 5.59.